The molecule has 10 atom stereocenters. The minimum absolute atomic E-state index is 0.165. The average Bonchev–Trinajstić information content (AvgIpc) is 3.19. The summed E-state index contributed by atoms with van der Waals surface area (Å²) >= 11 is 0. The summed E-state index contributed by atoms with van der Waals surface area (Å²) < 4.78 is 66.7. The number of esters is 4. The van der Waals surface area contributed by atoms with Gasteiger partial charge in [-0.1, -0.05) is 91.0 Å². The Kier molecular flexibility index (Phi) is 16.5. The Morgan fingerprint density at radius 1 is 0.456 bits per heavy atom. The highest BCUT2D eigenvalue weighted by Crippen LogP contribution is 2.34. The van der Waals surface area contributed by atoms with E-state index in [1.54, 1.807) is 0 Å². The van der Waals surface area contributed by atoms with Gasteiger partial charge in [-0.2, -0.15) is 0 Å². The molecular formula is C42H50O15. The zero-order chi connectivity index (χ0) is 40.7. The molecule has 2 aliphatic rings. The van der Waals surface area contributed by atoms with Crippen molar-refractivity contribution in [1.82, 2.24) is 0 Å². The Labute approximate surface area is 331 Å². The van der Waals surface area contributed by atoms with Gasteiger partial charge in [-0.3, -0.25) is 19.2 Å². The van der Waals surface area contributed by atoms with Crippen molar-refractivity contribution >= 4 is 23.9 Å². The van der Waals surface area contributed by atoms with E-state index < -0.39 is 91.9 Å². The Balaban J connectivity index is 1.48. The monoisotopic (exact) mass is 794 g/mol. The van der Waals surface area contributed by atoms with Crippen LogP contribution in [0.3, 0.4) is 0 Å². The first-order chi connectivity index (χ1) is 27.5. The van der Waals surface area contributed by atoms with Gasteiger partial charge in [-0.15, -0.1) is 0 Å². The lowest BCUT2D eigenvalue weighted by Crippen LogP contribution is -2.64. The molecule has 0 spiro atoms. The van der Waals surface area contributed by atoms with Crippen LogP contribution in [0.4, 0.5) is 0 Å². The van der Waals surface area contributed by atoms with Gasteiger partial charge in [-0.25, -0.2) is 0 Å². The van der Waals surface area contributed by atoms with E-state index >= 15 is 0 Å². The van der Waals surface area contributed by atoms with E-state index in [9.17, 15) is 19.2 Å². The minimum Gasteiger partial charge on any atom is -0.463 e. The summed E-state index contributed by atoms with van der Waals surface area (Å²) in [5.41, 5.74) is 2.71. The summed E-state index contributed by atoms with van der Waals surface area (Å²) in [5.74, 6) is -2.93. The van der Waals surface area contributed by atoms with Crippen molar-refractivity contribution in [3.8, 4) is 0 Å². The Morgan fingerprint density at radius 2 is 0.877 bits per heavy atom. The van der Waals surface area contributed by atoms with Crippen LogP contribution < -0.4 is 0 Å². The summed E-state index contributed by atoms with van der Waals surface area (Å²) in [7, 11) is 1.49. The van der Waals surface area contributed by atoms with Crippen molar-refractivity contribution < 1.29 is 71.3 Å². The smallest absolute Gasteiger partial charge is 0.303 e. The molecule has 308 valence electrons. The maximum Gasteiger partial charge on any atom is 0.303 e. The zero-order valence-electron chi connectivity index (χ0n) is 32.6. The molecule has 5 rings (SSSR count). The largest absolute Gasteiger partial charge is 0.463 e. The quantitative estimate of drug-likeness (QED) is 0.132. The van der Waals surface area contributed by atoms with Gasteiger partial charge < -0.3 is 52.1 Å². The summed E-state index contributed by atoms with van der Waals surface area (Å²) in [6, 6.07) is 28.8. The lowest BCUT2D eigenvalue weighted by atomic mass is 9.97. The molecule has 2 saturated heterocycles. The molecule has 2 fully saturated rings. The fourth-order valence-electron chi connectivity index (χ4n) is 6.58. The van der Waals surface area contributed by atoms with Crippen LogP contribution in [0, 0.1) is 0 Å². The van der Waals surface area contributed by atoms with Crippen molar-refractivity contribution in [2.75, 3.05) is 20.3 Å². The van der Waals surface area contributed by atoms with Crippen molar-refractivity contribution in [1.29, 1.82) is 0 Å². The van der Waals surface area contributed by atoms with Gasteiger partial charge in [0.15, 0.2) is 30.9 Å². The zero-order valence-corrected chi connectivity index (χ0v) is 32.6. The normalized spacial score (nSPS) is 27.2. The molecular weight excluding hydrogens is 744 g/mol. The fourth-order valence-corrected chi connectivity index (χ4v) is 6.58. The fraction of sp³-hybridized carbons (Fsp3) is 0.476. The molecule has 0 aliphatic carbocycles. The van der Waals surface area contributed by atoms with Crippen LogP contribution in [0.25, 0.3) is 0 Å². The predicted molar refractivity (Wildman–Crippen MR) is 199 cm³/mol. The number of carbonyl (C=O) groups excluding carboxylic acids is 4. The number of hydrogen-bond donors (Lipinski definition) is 0. The highest BCUT2D eigenvalue weighted by Gasteiger charge is 2.54. The molecule has 57 heavy (non-hydrogen) atoms. The standard InChI is InChI=1S/C42H50O15/c1-26(43)48-24-34-36(53-27(2)44)38(54-28(3)45)40(55-29(4)46)42(57-34)52-25-33-35(49-21-30-15-9-6-10-16-30)37(50-22-31-17-11-7-12-18-31)39(41(47-5)56-33)51-23-32-19-13-8-14-20-32/h6-20,33-42H,21-25H2,1-5H3/t33-,34-,35-,36-,37+,38+,39-,40+,41+,42+/m1/s1. The second kappa shape index (κ2) is 21.7. The minimum atomic E-state index is -1.46. The molecule has 3 aromatic carbocycles. The van der Waals surface area contributed by atoms with E-state index in [2.05, 4.69) is 0 Å². The topological polar surface area (TPSA) is 170 Å². The van der Waals surface area contributed by atoms with Crippen LogP contribution in [0.2, 0.25) is 0 Å². The molecule has 0 N–H and O–H groups in total. The summed E-state index contributed by atoms with van der Waals surface area (Å²) in [6.07, 6.45) is -11.2. The van der Waals surface area contributed by atoms with Gasteiger partial charge in [0.2, 0.25) is 0 Å². The van der Waals surface area contributed by atoms with Gasteiger partial charge in [0.1, 0.15) is 37.1 Å². The number of ether oxygens (including phenoxy) is 11. The van der Waals surface area contributed by atoms with Gasteiger partial charge in [0.25, 0.3) is 0 Å². The summed E-state index contributed by atoms with van der Waals surface area (Å²) in [4.78, 5) is 48.9. The number of methoxy groups -OCH3 is 1. The van der Waals surface area contributed by atoms with E-state index in [1.165, 1.54) is 14.0 Å². The van der Waals surface area contributed by atoms with E-state index in [0.29, 0.717) is 0 Å². The number of carbonyl (C=O) groups is 4. The van der Waals surface area contributed by atoms with Gasteiger partial charge in [0, 0.05) is 34.8 Å². The first-order valence-corrected chi connectivity index (χ1v) is 18.6. The first kappa shape index (κ1) is 43.4. The first-order valence-electron chi connectivity index (χ1n) is 18.6. The molecule has 0 radical (unpaired) electrons. The third-order valence-electron chi connectivity index (χ3n) is 9.05. The lowest BCUT2D eigenvalue weighted by Gasteiger charge is -2.47. The molecule has 0 saturated carbocycles. The van der Waals surface area contributed by atoms with Crippen LogP contribution in [0.15, 0.2) is 91.0 Å². The van der Waals surface area contributed by atoms with Crippen LogP contribution in [-0.2, 0) is 91.1 Å². The third kappa shape index (κ3) is 12.9. The maximum atomic E-state index is 12.5. The Morgan fingerprint density at radius 3 is 1.35 bits per heavy atom. The molecule has 0 bridgehead atoms. The summed E-state index contributed by atoms with van der Waals surface area (Å²) in [6.45, 7) is 4.53. The molecule has 0 aromatic heterocycles. The van der Waals surface area contributed by atoms with Crippen molar-refractivity contribution in [3.63, 3.8) is 0 Å². The molecule has 2 aliphatic heterocycles. The van der Waals surface area contributed by atoms with Crippen molar-refractivity contribution in [3.05, 3.63) is 108 Å². The van der Waals surface area contributed by atoms with Crippen LogP contribution >= 0.6 is 0 Å². The van der Waals surface area contributed by atoms with Gasteiger partial charge in [-0.05, 0) is 16.7 Å². The molecule has 0 amide bonds. The van der Waals surface area contributed by atoms with Crippen molar-refractivity contribution in [2.24, 2.45) is 0 Å². The predicted octanol–water partition coefficient (Wildman–Crippen LogP) is 4.21. The maximum absolute atomic E-state index is 12.5. The average molecular weight is 795 g/mol. The third-order valence-corrected chi connectivity index (χ3v) is 9.05. The Hall–Kier alpha value is -4.74. The SMILES string of the molecule is CO[C@H]1O[C@H](CO[C@H]2O[C@H](COC(C)=O)[C@@H](OC(C)=O)[C@H](OC(C)=O)[C@@H]2OC(C)=O)[C@@H](OCc2ccccc2)[C@H](OCc2ccccc2)[C@H]1OCc1ccccc1. The van der Waals surface area contributed by atoms with E-state index in [4.69, 9.17) is 52.1 Å². The lowest BCUT2D eigenvalue weighted by molar-refractivity contribution is -0.342. The van der Waals surface area contributed by atoms with E-state index in [1.807, 2.05) is 91.0 Å². The van der Waals surface area contributed by atoms with Gasteiger partial charge >= 0.3 is 23.9 Å². The number of benzene rings is 3. The van der Waals surface area contributed by atoms with Crippen LogP contribution in [0.1, 0.15) is 44.4 Å². The van der Waals surface area contributed by atoms with E-state index in [0.717, 1.165) is 37.5 Å². The molecule has 3 aromatic rings. The highest BCUT2D eigenvalue weighted by atomic mass is 16.8. The Bertz CT molecular complexity index is 1710. The van der Waals surface area contributed by atoms with E-state index in [-0.39, 0.29) is 26.4 Å². The second-order valence-corrected chi connectivity index (χ2v) is 13.5. The molecule has 2 heterocycles. The van der Waals surface area contributed by atoms with Crippen molar-refractivity contribution in [2.45, 2.75) is 109 Å². The molecule has 15 heteroatoms. The van der Waals surface area contributed by atoms with Gasteiger partial charge in [0.05, 0.1) is 26.4 Å². The van der Waals surface area contributed by atoms with Crippen LogP contribution in [-0.4, -0.2) is 106 Å². The number of hydrogen-bond acceptors (Lipinski definition) is 15. The molecule has 0 unspecified atom stereocenters. The highest BCUT2D eigenvalue weighted by molar-refractivity contribution is 5.68. The molecule has 15 nitrogen and oxygen atoms in total. The number of rotatable bonds is 18. The second-order valence-electron chi connectivity index (χ2n) is 13.5. The summed E-state index contributed by atoms with van der Waals surface area (Å²) in [5, 5.41) is 0. The van der Waals surface area contributed by atoms with Crippen LogP contribution in [0.5, 0.6) is 0 Å².